The van der Waals surface area contributed by atoms with Crippen LogP contribution in [0.5, 0.6) is 11.5 Å². The molecule has 0 fully saturated rings. The van der Waals surface area contributed by atoms with Crippen molar-refractivity contribution in [2.75, 3.05) is 20.3 Å². The third kappa shape index (κ3) is 5.99. The van der Waals surface area contributed by atoms with Crippen molar-refractivity contribution in [3.05, 3.63) is 70.5 Å². The topological polar surface area (TPSA) is 83.6 Å². The summed E-state index contributed by atoms with van der Waals surface area (Å²) in [5.41, 5.74) is 1.73. The number of aliphatic hydroxyl groups is 1. The largest absolute Gasteiger partial charge is 0.497 e. The minimum absolute atomic E-state index is 0. The van der Waals surface area contributed by atoms with E-state index in [0.717, 1.165) is 22.2 Å². The van der Waals surface area contributed by atoms with Crippen LogP contribution in [0.3, 0.4) is 0 Å². The first-order chi connectivity index (χ1) is 12.6. The van der Waals surface area contributed by atoms with E-state index in [1.54, 1.807) is 25.3 Å². The number of methoxy groups -OCH3 is 1. The summed E-state index contributed by atoms with van der Waals surface area (Å²) in [6.07, 6.45) is -0.625. The number of ether oxygens (including phenoxy) is 2. The predicted octanol–water partition coefficient (Wildman–Crippen LogP) is 2.49. The van der Waals surface area contributed by atoms with E-state index in [2.05, 4.69) is 10.3 Å². The monoisotopic (exact) mass is 390 g/mol. The van der Waals surface area contributed by atoms with Crippen LogP contribution in [0.15, 0.2) is 59.4 Å². The fraction of sp³-hybridized carbons (Fsp3) is 0.250. The fourth-order valence-electron chi connectivity index (χ4n) is 2.60. The molecule has 1 aromatic heterocycles. The Morgan fingerprint density at radius 1 is 1.07 bits per heavy atom. The van der Waals surface area contributed by atoms with E-state index < -0.39 is 6.10 Å². The Balaban J connectivity index is 0.00000261. The van der Waals surface area contributed by atoms with Gasteiger partial charge >= 0.3 is 0 Å². The summed E-state index contributed by atoms with van der Waals surface area (Å²) < 4.78 is 10.8. The number of aromatic nitrogens is 1. The van der Waals surface area contributed by atoms with Crippen LogP contribution in [0, 0.1) is 0 Å². The van der Waals surface area contributed by atoms with Crippen molar-refractivity contribution in [2.45, 2.75) is 12.6 Å². The first-order valence-electron chi connectivity index (χ1n) is 8.41. The predicted molar refractivity (Wildman–Crippen MR) is 108 cm³/mol. The Hall–Kier alpha value is -2.54. The number of H-pyrrole nitrogens is 1. The van der Waals surface area contributed by atoms with Gasteiger partial charge in [-0.3, -0.25) is 4.79 Å². The van der Waals surface area contributed by atoms with E-state index in [9.17, 15) is 9.90 Å². The standard InChI is InChI=1S/C20H22N2O4.ClH/c1-25-17-5-2-14(3-6-17)11-21-12-16(23)13-26-18-7-8-19-15(10-18)4-9-20(24)22-19;/h2-10,16,21,23H,11-13H2,1H3,(H,22,24);1H. The normalized spacial score (nSPS) is 11.6. The Morgan fingerprint density at radius 2 is 1.81 bits per heavy atom. The molecule has 27 heavy (non-hydrogen) atoms. The smallest absolute Gasteiger partial charge is 0.248 e. The minimum Gasteiger partial charge on any atom is -0.497 e. The van der Waals surface area contributed by atoms with Crippen LogP contribution in [0.2, 0.25) is 0 Å². The average Bonchev–Trinajstić information content (AvgIpc) is 2.67. The summed E-state index contributed by atoms with van der Waals surface area (Å²) in [4.78, 5) is 14.0. The first-order valence-corrected chi connectivity index (χ1v) is 8.41. The third-order valence-corrected chi connectivity index (χ3v) is 4.01. The number of hydrogen-bond acceptors (Lipinski definition) is 5. The molecule has 3 rings (SSSR count). The molecule has 7 heteroatoms. The number of fused-ring (bicyclic) bond motifs is 1. The van der Waals surface area contributed by atoms with E-state index in [0.29, 0.717) is 18.8 Å². The number of hydrogen-bond donors (Lipinski definition) is 3. The van der Waals surface area contributed by atoms with Crippen molar-refractivity contribution in [3.8, 4) is 11.5 Å². The molecule has 3 aromatic rings. The zero-order chi connectivity index (χ0) is 18.4. The first kappa shape index (κ1) is 20.8. The molecule has 1 atom stereocenters. The lowest BCUT2D eigenvalue weighted by atomic mass is 10.2. The third-order valence-electron chi connectivity index (χ3n) is 4.01. The van der Waals surface area contributed by atoms with Crippen LogP contribution in [-0.4, -0.2) is 36.5 Å². The van der Waals surface area contributed by atoms with Gasteiger partial charge in [0.25, 0.3) is 0 Å². The van der Waals surface area contributed by atoms with E-state index in [1.165, 1.54) is 6.07 Å². The second-order valence-corrected chi connectivity index (χ2v) is 6.02. The number of pyridine rings is 1. The van der Waals surface area contributed by atoms with Gasteiger partial charge in [-0.2, -0.15) is 0 Å². The minimum atomic E-state index is -0.625. The number of benzene rings is 2. The molecule has 0 radical (unpaired) electrons. The Labute approximate surface area is 163 Å². The summed E-state index contributed by atoms with van der Waals surface area (Å²) in [5, 5.41) is 14.1. The van der Waals surface area contributed by atoms with E-state index in [4.69, 9.17) is 9.47 Å². The highest BCUT2D eigenvalue weighted by molar-refractivity contribution is 5.85. The van der Waals surface area contributed by atoms with Crippen molar-refractivity contribution in [1.82, 2.24) is 10.3 Å². The number of aliphatic hydroxyl groups excluding tert-OH is 1. The Morgan fingerprint density at radius 3 is 2.56 bits per heavy atom. The molecule has 3 N–H and O–H groups in total. The number of rotatable bonds is 8. The van der Waals surface area contributed by atoms with Gasteiger partial charge in [-0.1, -0.05) is 12.1 Å². The van der Waals surface area contributed by atoms with Gasteiger partial charge in [0, 0.05) is 30.1 Å². The molecule has 0 saturated heterocycles. The number of nitrogens with one attached hydrogen (secondary N) is 2. The van der Waals surface area contributed by atoms with E-state index in [-0.39, 0.29) is 24.6 Å². The van der Waals surface area contributed by atoms with Crippen molar-refractivity contribution >= 4 is 23.3 Å². The van der Waals surface area contributed by atoms with Crippen LogP contribution in [-0.2, 0) is 6.54 Å². The fourth-order valence-corrected chi connectivity index (χ4v) is 2.60. The van der Waals surface area contributed by atoms with Gasteiger partial charge in [-0.15, -0.1) is 12.4 Å². The summed E-state index contributed by atoms with van der Waals surface area (Å²) in [7, 11) is 1.64. The van der Waals surface area contributed by atoms with Gasteiger partial charge in [0.05, 0.1) is 7.11 Å². The van der Waals surface area contributed by atoms with Gasteiger partial charge in [-0.05, 0) is 42.0 Å². The zero-order valence-electron chi connectivity index (χ0n) is 15.0. The quantitative estimate of drug-likeness (QED) is 0.550. The Kier molecular flexibility index (Phi) is 7.67. The molecule has 0 saturated carbocycles. The summed E-state index contributed by atoms with van der Waals surface area (Å²) in [6.45, 7) is 1.27. The van der Waals surface area contributed by atoms with Gasteiger partial charge in [0.15, 0.2) is 0 Å². The van der Waals surface area contributed by atoms with Crippen LogP contribution >= 0.6 is 12.4 Å². The summed E-state index contributed by atoms with van der Waals surface area (Å²) in [5.74, 6) is 1.47. The zero-order valence-corrected chi connectivity index (χ0v) is 15.8. The molecule has 144 valence electrons. The second kappa shape index (κ2) is 9.97. The van der Waals surface area contributed by atoms with E-state index >= 15 is 0 Å². The maximum absolute atomic E-state index is 11.3. The maximum atomic E-state index is 11.3. The van der Waals surface area contributed by atoms with Crippen LogP contribution < -0.4 is 20.3 Å². The molecular formula is C20H23ClN2O4. The second-order valence-electron chi connectivity index (χ2n) is 6.02. The molecule has 6 nitrogen and oxygen atoms in total. The molecule has 0 aliphatic carbocycles. The van der Waals surface area contributed by atoms with E-state index in [1.807, 2.05) is 30.3 Å². The van der Waals surface area contributed by atoms with Crippen LogP contribution in [0.25, 0.3) is 10.9 Å². The highest BCUT2D eigenvalue weighted by atomic mass is 35.5. The SMILES string of the molecule is COc1ccc(CNCC(O)COc2ccc3[nH]c(=O)ccc3c2)cc1.Cl. The number of halogens is 1. The lowest BCUT2D eigenvalue weighted by Gasteiger charge is -2.14. The van der Waals surface area contributed by atoms with Crippen LogP contribution in [0.1, 0.15) is 5.56 Å². The lowest BCUT2D eigenvalue weighted by Crippen LogP contribution is -2.31. The molecule has 1 heterocycles. The molecule has 0 amide bonds. The Bertz CT molecular complexity index is 912. The summed E-state index contributed by atoms with van der Waals surface area (Å²) >= 11 is 0. The van der Waals surface area contributed by atoms with Crippen molar-refractivity contribution < 1.29 is 14.6 Å². The molecule has 0 bridgehead atoms. The molecule has 1 unspecified atom stereocenters. The summed E-state index contributed by atoms with van der Waals surface area (Å²) in [6, 6.07) is 16.4. The van der Waals surface area contributed by atoms with Crippen molar-refractivity contribution in [3.63, 3.8) is 0 Å². The highest BCUT2D eigenvalue weighted by Gasteiger charge is 2.06. The van der Waals surface area contributed by atoms with Gasteiger partial charge in [0.2, 0.25) is 5.56 Å². The van der Waals surface area contributed by atoms with Gasteiger partial charge in [0.1, 0.15) is 24.2 Å². The van der Waals surface area contributed by atoms with Gasteiger partial charge in [-0.25, -0.2) is 0 Å². The molecular weight excluding hydrogens is 368 g/mol. The maximum Gasteiger partial charge on any atom is 0.248 e. The molecule has 0 spiro atoms. The van der Waals surface area contributed by atoms with Crippen molar-refractivity contribution in [2.24, 2.45) is 0 Å². The molecule has 0 aliphatic rings. The lowest BCUT2D eigenvalue weighted by molar-refractivity contribution is 0.106. The highest BCUT2D eigenvalue weighted by Crippen LogP contribution is 2.18. The van der Waals surface area contributed by atoms with Gasteiger partial charge < -0.3 is 24.9 Å². The van der Waals surface area contributed by atoms with Crippen molar-refractivity contribution in [1.29, 1.82) is 0 Å². The molecule has 0 aliphatic heterocycles. The number of aromatic amines is 1. The molecule has 2 aromatic carbocycles. The average molecular weight is 391 g/mol. The van der Waals surface area contributed by atoms with Crippen LogP contribution in [0.4, 0.5) is 0 Å².